The summed E-state index contributed by atoms with van der Waals surface area (Å²) in [5.74, 6) is -1.20. The zero-order chi connectivity index (χ0) is 10.1. The maximum atomic E-state index is 11.0. The molecule has 0 saturated heterocycles. The van der Waals surface area contributed by atoms with E-state index in [1.165, 1.54) is 0 Å². The van der Waals surface area contributed by atoms with Gasteiger partial charge in [0, 0.05) is 6.42 Å². The van der Waals surface area contributed by atoms with E-state index in [4.69, 9.17) is 10.5 Å². The molecule has 0 aliphatic carbocycles. The van der Waals surface area contributed by atoms with Crippen LogP contribution in [0.3, 0.4) is 0 Å². The van der Waals surface area contributed by atoms with Gasteiger partial charge in [0.25, 0.3) is 0 Å². The van der Waals surface area contributed by atoms with Gasteiger partial charge < -0.3 is 4.74 Å². The molecule has 0 bridgehead atoms. The molecule has 0 aromatic heterocycles. The summed E-state index contributed by atoms with van der Waals surface area (Å²) in [5, 5.41) is 16.8. The average Bonchev–Trinajstić information content (AvgIpc) is 2.13. The van der Waals surface area contributed by atoms with Gasteiger partial charge in [-0.15, -0.1) is 0 Å². The summed E-state index contributed by atoms with van der Waals surface area (Å²) in [6, 6.07) is 3.82. The first kappa shape index (κ1) is 11.4. The normalized spacial score (nSPS) is 11.0. The van der Waals surface area contributed by atoms with Crippen molar-refractivity contribution in [2.24, 2.45) is 5.92 Å². The Hall–Kier alpha value is -1.55. The lowest BCUT2D eigenvalue weighted by molar-refractivity contribution is -0.146. The molecule has 0 spiro atoms. The van der Waals surface area contributed by atoms with Crippen LogP contribution < -0.4 is 0 Å². The van der Waals surface area contributed by atoms with Crippen molar-refractivity contribution >= 4 is 5.97 Å². The molecule has 0 rings (SSSR count). The minimum Gasteiger partial charge on any atom is -0.465 e. The third-order valence-corrected chi connectivity index (χ3v) is 1.51. The van der Waals surface area contributed by atoms with Gasteiger partial charge in [0.15, 0.2) is 0 Å². The van der Waals surface area contributed by atoms with E-state index >= 15 is 0 Å². The van der Waals surface area contributed by atoms with Gasteiger partial charge in [-0.3, -0.25) is 4.79 Å². The minimum atomic E-state index is -0.715. The maximum Gasteiger partial charge on any atom is 0.323 e. The molecule has 0 aromatic carbocycles. The first-order valence-electron chi connectivity index (χ1n) is 4.19. The van der Waals surface area contributed by atoms with Gasteiger partial charge in [-0.25, -0.2) is 0 Å². The first-order valence-corrected chi connectivity index (χ1v) is 4.19. The van der Waals surface area contributed by atoms with Gasteiger partial charge in [0.2, 0.25) is 0 Å². The summed E-state index contributed by atoms with van der Waals surface area (Å²) in [7, 11) is 0. The third-order valence-electron chi connectivity index (χ3n) is 1.51. The predicted molar refractivity (Wildman–Crippen MR) is 45.2 cm³/mol. The van der Waals surface area contributed by atoms with Crippen molar-refractivity contribution in [2.45, 2.75) is 26.2 Å². The number of carbonyl (C=O) groups is 1. The lowest BCUT2D eigenvalue weighted by atomic mass is 10.0. The second-order valence-electron chi connectivity index (χ2n) is 2.48. The molecule has 0 fully saturated rings. The summed E-state index contributed by atoms with van der Waals surface area (Å²) in [4.78, 5) is 11.0. The summed E-state index contributed by atoms with van der Waals surface area (Å²) in [6.07, 6.45) is 1.34. The highest BCUT2D eigenvalue weighted by Gasteiger charge is 2.17. The standard InChI is InChI=1S/C9H12N2O2/c1-2-13-9(12)8(7-11)5-3-4-6-10/h8H,2-5H2,1H3. The molecule has 0 amide bonds. The zero-order valence-corrected chi connectivity index (χ0v) is 7.62. The number of unbranched alkanes of at least 4 members (excludes halogenated alkanes) is 1. The van der Waals surface area contributed by atoms with Gasteiger partial charge in [-0.1, -0.05) is 0 Å². The number of rotatable bonds is 5. The third kappa shape index (κ3) is 4.81. The molecular formula is C9H12N2O2. The summed E-state index contributed by atoms with van der Waals surface area (Å²) >= 11 is 0. The zero-order valence-electron chi connectivity index (χ0n) is 7.62. The Morgan fingerprint density at radius 3 is 2.69 bits per heavy atom. The van der Waals surface area contributed by atoms with Gasteiger partial charge in [0.1, 0.15) is 5.92 Å². The van der Waals surface area contributed by atoms with Crippen LogP contribution in [0.2, 0.25) is 0 Å². The molecule has 0 N–H and O–H groups in total. The quantitative estimate of drug-likeness (QED) is 0.473. The summed E-state index contributed by atoms with van der Waals surface area (Å²) in [6.45, 7) is 1.98. The van der Waals surface area contributed by atoms with Crippen LogP contribution in [-0.2, 0) is 9.53 Å². The van der Waals surface area contributed by atoms with Gasteiger partial charge in [-0.05, 0) is 19.8 Å². The molecule has 0 aliphatic rings. The number of ether oxygens (including phenoxy) is 1. The Bertz CT molecular complexity index is 237. The maximum absolute atomic E-state index is 11.0. The first-order chi connectivity index (χ1) is 6.26. The Morgan fingerprint density at radius 1 is 1.54 bits per heavy atom. The second-order valence-corrected chi connectivity index (χ2v) is 2.48. The van der Waals surface area contributed by atoms with Crippen LogP contribution in [0, 0.1) is 28.6 Å². The SMILES string of the molecule is CCOC(=O)C(C#N)CCCC#N. The second kappa shape index (κ2) is 7.12. The fraction of sp³-hybridized carbons (Fsp3) is 0.667. The number of carbonyl (C=O) groups excluding carboxylic acids is 1. The van der Waals surface area contributed by atoms with Crippen LogP contribution in [-0.4, -0.2) is 12.6 Å². The van der Waals surface area contributed by atoms with Crippen molar-refractivity contribution in [3.63, 3.8) is 0 Å². The largest absolute Gasteiger partial charge is 0.465 e. The fourth-order valence-corrected chi connectivity index (χ4v) is 0.863. The molecular weight excluding hydrogens is 168 g/mol. The Kier molecular flexibility index (Phi) is 6.27. The van der Waals surface area contributed by atoms with Gasteiger partial charge >= 0.3 is 5.97 Å². The van der Waals surface area contributed by atoms with Crippen LogP contribution in [0.25, 0.3) is 0 Å². The molecule has 0 radical (unpaired) electrons. The molecule has 0 aromatic rings. The van der Waals surface area contributed by atoms with E-state index in [2.05, 4.69) is 4.74 Å². The molecule has 4 heteroatoms. The van der Waals surface area contributed by atoms with E-state index < -0.39 is 11.9 Å². The topological polar surface area (TPSA) is 73.9 Å². The molecule has 0 heterocycles. The number of esters is 1. The van der Waals surface area contributed by atoms with E-state index in [9.17, 15) is 4.79 Å². The molecule has 4 nitrogen and oxygen atoms in total. The van der Waals surface area contributed by atoms with Crippen molar-refractivity contribution in [2.75, 3.05) is 6.61 Å². The monoisotopic (exact) mass is 180 g/mol. The van der Waals surface area contributed by atoms with Crippen LogP contribution in [0.4, 0.5) is 0 Å². The minimum absolute atomic E-state index is 0.287. The van der Waals surface area contributed by atoms with E-state index in [1.54, 1.807) is 6.92 Å². The predicted octanol–water partition coefficient (Wildman–Crippen LogP) is 1.38. The lowest BCUT2D eigenvalue weighted by Gasteiger charge is -2.05. The Morgan fingerprint density at radius 2 is 2.23 bits per heavy atom. The highest BCUT2D eigenvalue weighted by molar-refractivity contribution is 5.75. The van der Waals surface area contributed by atoms with Crippen molar-refractivity contribution < 1.29 is 9.53 Å². The van der Waals surface area contributed by atoms with Crippen molar-refractivity contribution in [3.05, 3.63) is 0 Å². The number of hydrogen-bond acceptors (Lipinski definition) is 4. The Labute approximate surface area is 77.7 Å². The van der Waals surface area contributed by atoms with Crippen LogP contribution in [0.1, 0.15) is 26.2 Å². The molecule has 0 aliphatic heterocycles. The van der Waals surface area contributed by atoms with Crippen molar-refractivity contribution in [1.82, 2.24) is 0 Å². The lowest BCUT2D eigenvalue weighted by Crippen LogP contribution is -2.15. The summed E-state index contributed by atoms with van der Waals surface area (Å²) in [5.41, 5.74) is 0. The van der Waals surface area contributed by atoms with E-state index in [-0.39, 0.29) is 6.61 Å². The van der Waals surface area contributed by atoms with Crippen LogP contribution >= 0.6 is 0 Å². The smallest absolute Gasteiger partial charge is 0.323 e. The van der Waals surface area contributed by atoms with E-state index in [0.29, 0.717) is 19.3 Å². The van der Waals surface area contributed by atoms with Crippen LogP contribution in [0.15, 0.2) is 0 Å². The number of nitrogens with zero attached hydrogens (tertiary/aromatic N) is 2. The van der Waals surface area contributed by atoms with E-state index in [0.717, 1.165) is 0 Å². The summed E-state index contributed by atoms with van der Waals surface area (Å²) < 4.78 is 4.68. The van der Waals surface area contributed by atoms with E-state index in [1.807, 2.05) is 12.1 Å². The molecule has 13 heavy (non-hydrogen) atoms. The Balaban J connectivity index is 3.84. The highest BCUT2D eigenvalue weighted by atomic mass is 16.5. The molecule has 70 valence electrons. The number of nitriles is 2. The highest BCUT2D eigenvalue weighted by Crippen LogP contribution is 2.09. The van der Waals surface area contributed by atoms with Crippen molar-refractivity contribution in [3.8, 4) is 12.1 Å². The van der Waals surface area contributed by atoms with Crippen molar-refractivity contribution in [1.29, 1.82) is 10.5 Å². The molecule has 0 saturated carbocycles. The molecule has 1 atom stereocenters. The average molecular weight is 180 g/mol. The number of hydrogen-bond donors (Lipinski definition) is 0. The molecule has 1 unspecified atom stereocenters. The van der Waals surface area contributed by atoms with Gasteiger partial charge in [-0.2, -0.15) is 10.5 Å². The fourth-order valence-electron chi connectivity index (χ4n) is 0.863. The van der Waals surface area contributed by atoms with Crippen LogP contribution in [0.5, 0.6) is 0 Å². The van der Waals surface area contributed by atoms with Gasteiger partial charge in [0.05, 0.1) is 18.7 Å².